The van der Waals surface area contributed by atoms with Crippen LogP contribution < -0.4 is 0 Å². The molecule has 4 atom stereocenters. The van der Waals surface area contributed by atoms with Crippen LogP contribution >= 0.6 is 0 Å². The molecule has 1 heterocycles. The van der Waals surface area contributed by atoms with Crippen LogP contribution in [0.3, 0.4) is 0 Å². The number of methoxy groups -OCH3 is 1. The van der Waals surface area contributed by atoms with Crippen molar-refractivity contribution in [3.05, 3.63) is 5.21 Å². The van der Waals surface area contributed by atoms with Crippen LogP contribution in [0.25, 0.3) is 0 Å². The fraction of sp³-hybridized carbons (Fsp3) is 0.875. The van der Waals surface area contributed by atoms with Crippen molar-refractivity contribution in [2.45, 2.75) is 31.8 Å². The Kier molecular flexibility index (Phi) is 3.68. The predicted molar refractivity (Wildman–Crippen MR) is 47.4 cm³/mol. The lowest BCUT2D eigenvalue weighted by Crippen LogP contribution is -2.41. The zero-order chi connectivity index (χ0) is 10.7. The summed E-state index contributed by atoms with van der Waals surface area (Å²) in [6, 6.07) is 0. The van der Waals surface area contributed by atoms with E-state index in [4.69, 9.17) is 14.7 Å². The number of rotatable bonds is 3. The topological polar surface area (TPSA) is 85.0 Å². The van der Waals surface area contributed by atoms with Crippen LogP contribution in [0, 0.1) is 11.1 Å². The van der Waals surface area contributed by atoms with E-state index < -0.39 is 24.4 Å². The van der Waals surface area contributed by atoms with E-state index in [9.17, 15) is 10.3 Å². The van der Waals surface area contributed by atoms with Crippen LogP contribution in [0.2, 0.25) is 0 Å². The molecule has 82 valence electrons. The minimum absolute atomic E-state index is 0.258. The number of aliphatic hydroxyl groups is 2. The highest BCUT2D eigenvalue weighted by Crippen LogP contribution is 2.18. The SMILES string of the molecule is CO[C@@H]1C[C@@H](C(O)C(C)O)C=[N+]([O-])O1. The van der Waals surface area contributed by atoms with Crippen LogP contribution in [0.5, 0.6) is 0 Å². The van der Waals surface area contributed by atoms with Crippen LogP contribution in [0.15, 0.2) is 0 Å². The molecule has 0 aliphatic carbocycles. The second kappa shape index (κ2) is 4.59. The summed E-state index contributed by atoms with van der Waals surface area (Å²) in [5.41, 5.74) is 0. The molecular formula is C8H15NO5. The Balaban J connectivity index is 2.65. The molecule has 0 radical (unpaired) electrons. The van der Waals surface area contributed by atoms with Gasteiger partial charge in [0, 0.05) is 18.4 Å². The summed E-state index contributed by atoms with van der Waals surface area (Å²) < 4.78 is 4.85. The van der Waals surface area contributed by atoms with E-state index >= 15 is 0 Å². The highest BCUT2D eigenvalue weighted by molar-refractivity contribution is 5.56. The molecule has 0 aromatic heterocycles. The van der Waals surface area contributed by atoms with Gasteiger partial charge in [-0.1, -0.05) is 0 Å². The molecule has 1 aliphatic rings. The van der Waals surface area contributed by atoms with Gasteiger partial charge in [0.2, 0.25) is 6.21 Å². The van der Waals surface area contributed by atoms with E-state index in [0.717, 1.165) is 0 Å². The molecule has 0 amide bonds. The van der Waals surface area contributed by atoms with Crippen LogP contribution in [-0.4, -0.2) is 46.9 Å². The molecule has 0 aromatic rings. The Hall–Kier alpha value is -0.850. The van der Waals surface area contributed by atoms with Crippen molar-refractivity contribution in [2.75, 3.05) is 7.11 Å². The molecule has 0 bridgehead atoms. The maximum Gasteiger partial charge on any atom is 0.216 e. The Morgan fingerprint density at radius 3 is 2.79 bits per heavy atom. The highest BCUT2D eigenvalue weighted by atomic mass is 16.9. The fourth-order valence-electron chi connectivity index (χ4n) is 1.36. The summed E-state index contributed by atoms with van der Waals surface area (Å²) in [6.45, 7) is 1.46. The lowest BCUT2D eigenvalue weighted by atomic mass is 9.95. The van der Waals surface area contributed by atoms with Crippen molar-refractivity contribution >= 4 is 6.21 Å². The quantitative estimate of drug-likeness (QED) is 0.591. The van der Waals surface area contributed by atoms with Gasteiger partial charge in [-0.3, -0.25) is 5.21 Å². The van der Waals surface area contributed by atoms with Crippen molar-refractivity contribution in [2.24, 2.45) is 5.92 Å². The summed E-state index contributed by atoms with van der Waals surface area (Å²) in [4.78, 5) is 4.96. The number of hydrogen-bond acceptors (Lipinski definition) is 5. The summed E-state index contributed by atoms with van der Waals surface area (Å²) in [5, 5.41) is 29.6. The van der Waals surface area contributed by atoms with Gasteiger partial charge in [-0.15, -0.1) is 0 Å². The van der Waals surface area contributed by atoms with Gasteiger partial charge in [0.15, 0.2) is 6.29 Å². The molecule has 1 aliphatic heterocycles. The van der Waals surface area contributed by atoms with Gasteiger partial charge in [0.05, 0.1) is 18.1 Å². The second-order valence-electron chi connectivity index (χ2n) is 3.34. The summed E-state index contributed by atoms with van der Waals surface area (Å²) in [6.07, 6.45) is -1.00. The fourth-order valence-corrected chi connectivity index (χ4v) is 1.36. The van der Waals surface area contributed by atoms with Crippen LogP contribution in [0.1, 0.15) is 13.3 Å². The van der Waals surface area contributed by atoms with Crippen molar-refractivity contribution < 1.29 is 24.7 Å². The Morgan fingerprint density at radius 1 is 1.64 bits per heavy atom. The van der Waals surface area contributed by atoms with Crippen molar-refractivity contribution in [1.29, 1.82) is 0 Å². The van der Waals surface area contributed by atoms with Gasteiger partial charge in [-0.25, -0.2) is 0 Å². The third-order valence-corrected chi connectivity index (χ3v) is 2.20. The summed E-state index contributed by atoms with van der Waals surface area (Å²) in [5.74, 6) is -0.453. The lowest BCUT2D eigenvalue weighted by molar-refractivity contribution is -0.769. The van der Waals surface area contributed by atoms with Gasteiger partial charge < -0.3 is 19.8 Å². The van der Waals surface area contributed by atoms with Gasteiger partial charge >= 0.3 is 0 Å². The molecule has 2 N–H and O–H groups in total. The van der Waals surface area contributed by atoms with E-state index in [1.807, 2.05) is 0 Å². The minimum Gasteiger partial charge on any atom is -0.391 e. The lowest BCUT2D eigenvalue weighted by Gasteiger charge is -2.28. The largest absolute Gasteiger partial charge is 0.391 e. The molecule has 0 saturated carbocycles. The number of aliphatic hydroxyl groups excluding tert-OH is 2. The molecule has 14 heavy (non-hydrogen) atoms. The first-order chi connectivity index (χ1) is 6.54. The first-order valence-corrected chi connectivity index (χ1v) is 4.41. The number of nitrogens with zero attached hydrogens (tertiary/aromatic N) is 1. The van der Waals surface area contributed by atoms with Gasteiger partial charge in [0.25, 0.3) is 0 Å². The molecule has 6 nitrogen and oxygen atoms in total. The number of hydrogen-bond donors (Lipinski definition) is 2. The zero-order valence-electron chi connectivity index (χ0n) is 8.16. The maximum absolute atomic E-state index is 10.9. The predicted octanol–water partition coefficient (Wildman–Crippen LogP) is -0.767. The van der Waals surface area contributed by atoms with Gasteiger partial charge in [-0.2, -0.15) is 0 Å². The molecule has 0 saturated heterocycles. The smallest absolute Gasteiger partial charge is 0.216 e. The third kappa shape index (κ3) is 2.57. The average molecular weight is 205 g/mol. The van der Waals surface area contributed by atoms with Gasteiger partial charge in [0.1, 0.15) is 0 Å². The molecule has 0 spiro atoms. The Labute approximate surface area is 81.9 Å². The third-order valence-electron chi connectivity index (χ3n) is 2.20. The highest BCUT2D eigenvalue weighted by Gasteiger charge is 2.32. The Bertz CT molecular complexity index is 218. The minimum atomic E-state index is -0.979. The number of ether oxygens (including phenoxy) is 1. The standard InChI is InChI=1S/C8H15NO5/c1-5(10)8(11)6-3-7(13-2)14-9(12)4-6/h4-8,10-11H,3H2,1-2H3/t5?,6-,7+,8?/m1/s1. The Morgan fingerprint density at radius 2 is 2.29 bits per heavy atom. The van der Waals surface area contributed by atoms with Crippen molar-refractivity contribution in [3.63, 3.8) is 0 Å². The van der Waals surface area contributed by atoms with E-state index in [1.165, 1.54) is 20.2 Å². The maximum atomic E-state index is 10.9. The monoisotopic (exact) mass is 205 g/mol. The first kappa shape index (κ1) is 11.2. The average Bonchev–Trinajstić information content (AvgIpc) is 2.15. The van der Waals surface area contributed by atoms with E-state index in [0.29, 0.717) is 6.42 Å². The molecule has 1 rings (SSSR count). The van der Waals surface area contributed by atoms with Crippen molar-refractivity contribution in [3.8, 4) is 0 Å². The normalized spacial score (nSPS) is 31.6. The molecule has 2 unspecified atom stereocenters. The van der Waals surface area contributed by atoms with Crippen LogP contribution in [-0.2, 0) is 9.57 Å². The molecule has 0 aromatic carbocycles. The molecule has 0 fully saturated rings. The van der Waals surface area contributed by atoms with Gasteiger partial charge in [-0.05, 0) is 6.92 Å². The van der Waals surface area contributed by atoms with Crippen LogP contribution in [0.4, 0.5) is 0 Å². The zero-order valence-corrected chi connectivity index (χ0v) is 8.16. The van der Waals surface area contributed by atoms with E-state index in [2.05, 4.69) is 0 Å². The summed E-state index contributed by atoms with van der Waals surface area (Å²) >= 11 is 0. The molecule has 6 heteroatoms. The van der Waals surface area contributed by atoms with E-state index in [-0.39, 0.29) is 4.90 Å². The second-order valence-corrected chi connectivity index (χ2v) is 3.34. The van der Waals surface area contributed by atoms with E-state index in [1.54, 1.807) is 0 Å². The molecular weight excluding hydrogens is 190 g/mol. The first-order valence-electron chi connectivity index (χ1n) is 4.41. The van der Waals surface area contributed by atoms with Crippen molar-refractivity contribution in [1.82, 2.24) is 0 Å². The summed E-state index contributed by atoms with van der Waals surface area (Å²) in [7, 11) is 1.41.